The van der Waals surface area contributed by atoms with Crippen LogP contribution < -0.4 is 4.74 Å². The van der Waals surface area contributed by atoms with Crippen LogP contribution in [0.2, 0.25) is 0 Å². The molecule has 0 aliphatic carbocycles. The predicted molar refractivity (Wildman–Crippen MR) is 92.8 cm³/mol. The fourth-order valence-corrected chi connectivity index (χ4v) is 3.10. The van der Waals surface area contributed by atoms with Crippen LogP contribution in [-0.2, 0) is 11.8 Å². The largest absolute Gasteiger partial charge is 0.493 e. The second kappa shape index (κ2) is 7.13. The monoisotopic (exact) mass is 333 g/mol. The maximum absolute atomic E-state index is 11.0. The second-order valence-electron chi connectivity index (χ2n) is 6.19. The molecule has 0 aliphatic rings. The van der Waals surface area contributed by atoms with Gasteiger partial charge in [0, 0.05) is 6.42 Å². The van der Waals surface area contributed by atoms with Gasteiger partial charge in [0.1, 0.15) is 10.6 Å². The van der Waals surface area contributed by atoms with E-state index in [1.54, 1.807) is 6.92 Å². The molecule has 4 nitrogen and oxygen atoms in total. The standard InChI is InChI=1S/C18H23NO3S/c1-5-18(3,4)13-6-8-14(9-7-13)22-11-10-15-19-12(2)16(23-15)17(20)21/h6-9H,5,10-11H2,1-4H3,(H,20,21). The van der Waals surface area contributed by atoms with Gasteiger partial charge in [-0.3, -0.25) is 0 Å². The van der Waals surface area contributed by atoms with E-state index in [1.807, 2.05) is 12.1 Å². The fraction of sp³-hybridized carbons (Fsp3) is 0.444. The highest BCUT2D eigenvalue weighted by molar-refractivity contribution is 7.13. The van der Waals surface area contributed by atoms with E-state index in [-0.39, 0.29) is 5.41 Å². The first-order valence-corrected chi connectivity index (χ1v) is 8.58. The lowest BCUT2D eigenvalue weighted by molar-refractivity contribution is 0.0701. The fourth-order valence-electron chi connectivity index (χ4n) is 2.22. The number of carbonyl (C=O) groups is 1. The zero-order chi connectivity index (χ0) is 17.0. The molecule has 1 aromatic carbocycles. The van der Waals surface area contributed by atoms with Crippen LogP contribution in [0.1, 0.15) is 53.1 Å². The number of carboxylic acid groups (broad SMARTS) is 1. The van der Waals surface area contributed by atoms with Crippen LogP contribution >= 0.6 is 11.3 Å². The first kappa shape index (κ1) is 17.5. The van der Waals surface area contributed by atoms with E-state index in [0.717, 1.165) is 17.2 Å². The van der Waals surface area contributed by atoms with Gasteiger partial charge >= 0.3 is 5.97 Å². The molecule has 0 saturated heterocycles. The van der Waals surface area contributed by atoms with Gasteiger partial charge < -0.3 is 9.84 Å². The minimum Gasteiger partial charge on any atom is -0.493 e. The number of carboxylic acids is 1. The summed E-state index contributed by atoms with van der Waals surface area (Å²) in [6.07, 6.45) is 1.70. The number of aryl methyl sites for hydroxylation is 1. The highest BCUT2D eigenvalue weighted by Gasteiger charge is 2.17. The number of hydrogen-bond donors (Lipinski definition) is 1. The Morgan fingerprint density at radius 2 is 1.96 bits per heavy atom. The third kappa shape index (κ3) is 4.32. The lowest BCUT2D eigenvalue weighted by Gasteiger charge is -2.23. The molecule has 0 atom stereocenters. The molecule has 23 heavy (non-hydrogen) atoms. The van der Waals surface area contributed by atoms with Crippen LogP contribution in [-0.4, -0.2) is 22.7 Å². The van der Waals surface area contributed by atoms with Crippen LogP contribution in [0, 0.1) is 6.92 Å². The van der Waals surface area contributed by atoms with Crippen LogP contribution in [0.5, 0.6) is 5.75 Å². The Kier molecular flexibility index (Phi) is 5.42. The number of ether oxygens (including phenoxy) is 1. The molecule has 1 heterocycles. The molecule has 0 radical (unpaired) electrons. The van der Waals surface area contributed by atoms with Crippen molar-refractivity contribution in [1.82, 2.24) is 4.98 Å². The van der Waals surface area contributed by atoms with Crippen molar-refractivity contribution in [3.8, 4) is 5.75 Å². The van der Waals surface area contributed by atoms with Gasteiger partial charge in [-0.1, -0.05) is 32.9 Å². The topological polar surface area (TPSA) is 59.4 Å². The van der Waals surface area contributed by atoms with Crippen molar-refractivity contribution in [2.24, 2.45) is 0 Å². The highest BCUT2D eigenvalue weighted by atomic mass is 32.1. The number of thiazole rings is 1. The summed E-state index contributed by atoms with van der Waals surface area (Å²) in [5.41, 5.74) is 2.04. The van der Waals surface area contributed by atoms with Crippen molar-refractivity contribution in [3.63, 3.8) is 0 Å². The lowest BCUT2D eigenvalue weighted by atomic mass is 9.82. The molecule has 0 aliphatic heterocycles. The molecule has 0 bridgehead atoms. The molecule has 2 rings (SSSR count). The Morgan fingerprint density at radius 1 is 1.30 bits per heavy atom. The zero-order valence-corrected chi connectivity index (χ0v) is 14.9. The summed E-state index contributed by atoms with van der Waals surface area (Å²) in [5, 5.41) is 9.83. The second-order valence-corrected chi connectivity index (χ2v) is 7.27. The van der Waals surface area contributed by atoms with Crippen LogP contribution in [0.4, 0.5) is 0 Å². The number of hydrogen-bond acceptors (Lipinski definition) is 4. The molecule has 0 spiro atoms. The van der Waals surface area contributed by atoms with E-state index in [9.17, 15) is 4.79 Å². The molecular weight excluding hydrogens is 310 g/mol. The first-order chi connectivity index (χ1) is 10.8. The van der Waals surface area contributed by atoms with E-state index in [2.05, 4.69) is 37.9 Å². The average molecular weight is 333 g/mol. The summed E-state index contributed by atoms with van der Waals surface area (Å²) < 4.78 is 5.74. The van der Waals surface area contributed by atoms with Gasteiger partial charge in [0.15, 0.2) is 0 Å². The van der Waals surface area contributed by atoms with Crippen molar-refractivity contribution in [1.29, 1.82) is 0 Å². The smallest absolute Gasteiger partial charge is 0.347 e. The summed E-state index contributed by atoms with van der Waals surface area (Å²) in [6.45, 7) is 8.86. The van der Waals surface area contributed by atoms with E-state index < -0.39 is 5.97 Å². The van der Waals surface area contributed by atoms with Crippen LogP contribution in [0.15, 0.2) is 24.3 Å². The lowest BCUT2D eigenvalue weighted by Crippen LogP contribution is -2.15. The van der Waals surface area contributed by atoms with E-state index in [1.165, 1.54) is 16.9 Å². The van der Waals surface area contributed by atoms with Crippen molar-refractivity contribution in [3.05, 3.63) is 45.4 Å². The number of aromatic nitrogens is 1. The summed E-state index contributed by atoms with van der Waals surface area (Å²) in [7, 11) is 0. The number of benzene rings is 1. The molecule has 1 aromatic heterocycles. The number of rotatable bonds is 7. The molecule has 2 aromatic rings. The summed E-state index contributed by atoms with van der Waals surface area (Å²) in [5.74, 6) is -0.0892. The summed E-state index contributed by atoms with van der Waals surface area (Å²) in [4.78, 5) is 15.6. The third-order valence-electron chi connectivity index (χ3n) is 4.14. The molecule has 0 fully saturated rings. The maximum Gasteiger partial charge on any atom is 0.347 e. The van der Waals surface area contributed by atoms with Crippen molar-refractivity contribution in [2.45, 2.75) is 46.0 Å². The SMILES string of the molecule is CCC(C)(C)c1ccc(OCCc2nc(C)c(C(=O)O)s2)cc1. The molecule has 0 amide bonds. The van der Waals surface area contributed by atoms with Crippen LogP contribution in [0.3, 0.4) is 0 Å². The Hall–Kier alpha value is -1.88. The van der Waals surface area contributed by atoms with E-state index in [0.29, 0.717) is 23.6 Å². The average Bonchev–Trinajstić information content (AvgIpc) is 2.89. The Morgan fingerprint density at radius 3 is 2.48 bits per heavy atom. The minimum absolute atomic E-state index is 0.171. The molecule has 5 heteroatoms. The minimum atomic E-state index is -0.915. The Balaban J connectivity index is 1.92. The molecule has 0 unspecified atom stereocenters. The van der Waals surface area contributed by atoms with Gasteiger partial charge in [-0.25, -0.2) is 9.78 Å². The molecular formula is C18H23NO3S. The Labute approximate surface area is 141 Å². The summed E-state index contributed by atoms with van der Waals surface area (Å²) in [6, 6.07) is 8.19. The van der Waals surface area contributed by atoms with Crippen molar-refractivity contribution < 1.29 is 14.6 Å². The molecule has 1 N–H and O–H groups in total. The Bertz CT molecular complexity index is 674. The van der Waals surface area contributed by atoms with Gasteiger partial charge in [-0.15, -0.1) is 11.3 Å². The predicted octanol–water partition coefficient (Wildman–Crippen LogP) is 4.46. The van der Waals surface area contributed by atoms with Gasteiger partial charge in [0.25, 0.3) is 0 Å². The first-order valence-electron chi connectivity index (χ1n) is 7.76. The normalized spacial score (nSPS) is 11.5. The third-order valence-corrected chi connectivity index (χ3v) is 5.34. The van der Waals surface area contributed by atoms with Gasteiger partial charge in [-0.2, -0.15) is 0 Å². The summed E-state index contributed by atoms with van der Waals surface area (Å²) >= 11 is 1.22. The van der Waals surface area contributed by atoms with E-state index in [4.69, 9.17) is 9.84 Å². The van der Waals surface area contributed by atoms with Gasteiger partial charge in [0.2, 0.25) is 0 Å². The van der Waals surface area contributed by atoms with Gasteiger partial charge in [0.05, 0.1) is 17.3 Å². The van der Waals surface area contributed by atoms with Crippen molar-refractivity contribution in [2.75, 3.05) is 6.61 Å². The number of nitrogens with zero attached hydrogens (tertiary/aromatic N) is 1. The highest BCUT2D eigenvalue weighted by Crippen LogP contribution is 2.28. The zero-order valence-electron chi connectivity index (χ0n) is 14.0. The maximum atomic E-state index is 11.0. The molecule has 124 valence electrons. The molecule has 0 saturated carbocycles. The van der Waals surface area contributed by atoms with E-state index >= 15 is 0 Å². The van der Waals surface area contributed by atoms with Crippen LogP contribution in [0.25, 0.3) is 0 Å². The number of aromatic carboxylic acids is 1. The quantitative estimate of drug-likeness (QED) is 0.813. The van der Waals surface area contributed by atoms with Gasteiger partial charge in [-0.05, 0) is 36.5 Å². The van der Waals surface area contributed by atoms with Crippen molar-refractivity contribution >= 4 is 17.3 Å².